The fourth-order valence-electron chi connectivity index (χ4n) is 5.32. The Morgan fingerprint density at radius 3 is 1.84 bits per heavy atom. The SMILES string of the molecule is CCCCC/C=C\C[C@H](O)/C=C/C=C\C/C=C\CCCC(=O)O[C@H](COC(=O)CCCCCCCCCCCCCCC)COP(=O)(O)OC[C@H](N)C(=O)O. The Labute approximate surface area is 331 Å². The van der Waals surface area contributed by atoms with Crippen molar-refractivity contribution in [1.29, 1.82) is 0 Å². The molecule has 13 heteroatoms. The van der Waals surface area contributed by atoms with Gasteiger partial charge in [0.1, 0.15) is 12.6 Å². The highest BCUT2D eigenvalue weighted by Crippen LogP contribution is 2.43. The summed E-state index contributed by atoms with van der Waals surface area (Å²) in [5, 5.41) is 18.9. The molecule has 0 aromatic heterocycles. The number of carboxylic acid groups (broad SMARTS) is 1. The molecule has 0 fully saturated rings. The monoisotopic (exact) mass is 799 g/mol. The molecule has 0 spiro atoms. The summed E-state index contributed by atoms with van der Waals surface area (Å²) in [6, 6.07) is -1.54. The van der Waals surface area contributed by atoms with Crippen LogP contribution >= 0.6 is 7.82 Å². The number of hydrogen-bond acceptors (Lipinski definition) is 10. The Morgan fingerprint density at radius 1 is 0.655 bits per heavy atom. The predicted octanol–water partition coefficient (Wildman–Crippen LogP) is 9.58. The van der Waals surface area contributed by atoms with E-state index in [2.05, 4.69) is 24.4 Å². The number of phosphoric acid groups is 1. The average Bonchev–Trinajstić information content (AvgIpc) is 3.15. The second kappa shape index (κ2) is 37.0. The van der Waals surface area contributed by atoms with E-state index in [1.54, 1.807) is 6.08 Å². The highest BCUT2D eigenvalue weighted by atomic mass is 31.2. The molecule has 0 saturated heterocycles. The highest BCUT2D eigenvalue weighted by molar-refractivity contribution is 7.47. The van der Waals surface area contributed by atoms with Crippen LogP contribution in [0, 0.1) is 0 Å². The van der Waals surface area contributed by atoms with Gasteiger partial charge in [0.15, 0.2) is 6.10 Å². The maximum absolute atomic E-state index is 12.6. The Bertz CT molecular complexity index is 1140. The van der Waals surface area contributed by atoms with E-state index in [9.17, 15) is 28.9 Å². The van der Waals surface area contributed by atoms with Crippen molar-refractivity contribution in [2.24, 2.45) is 5.73 Å². The second-order valence-corrected chi connectivity index (χ2v) is 15.4. The molecule has 4 atom stereocenters. The highest BCUT2D eigenvalue weighted by Gasteiger charge is 2.28. The smallest absolute Gasteiger partial charge is 0.472 e. The molecule has 0 heterocycles. The molecule has 0 aliphatic heterocycles. The fourth-order valence-corrected chi connectivity index (χ4v) is 6.10. The van der Waals surface area contributed by atoms with Gasteiger partial charge in [-0.2, -0.15) is 0 Å². The van der Waals surface area contributed by atoms with Crippen molar-refractivity contribution in [3.8, 4) is 0 Å². The topological polar surface area (TPSA) is 192 Å². The lowest BCUT2D eigenvalue weighted by Crippen LogP contribution is -2.34. The minimum absolute atomic E-state index is 0.0536. The van der Waals surface area contributed by atoms with Gasteiger partial charge in [-0.15, -0.1) is 0 Å². The molecular formula is C42H74NO11P. The maximum atomic E-state index is 12.6. The van der Waals surface area contributed by atoms with E-state index in [1.165, 1.54) is 77.0 Å². The molecule has 0 aliphatic rings. The van der Waals surface area contributed by atoms with Crippen LogP contribution in [0.15, 0.2) is 48.6 Å². The Morgan fingerprint density at radius 2 is 1.20 bits per heavy atom. The number of esters is 2. The molecule has 5 N–H and O–H groups in total. The number of rotatable bonds is 38. The summed E-state index contributed by atoms with van der Waals surface area (Å²) < 4.78 is 32.5. The molecule has 55 heavy (non-hydrogen) atoms. The number of phosphoric ester groups is 1. The Hall–Kier alpha value is -2.60. The normalized spacial score (nSPS) is 14.9. The van der Waals surface area contributed by atoms with Gasteiger partial charge in [0.2, 0.25) is 0 Å². The summed E-state index contributed by atoms with van der Waals surface area (Å²) in [6.07, 6.45) is 36.4. The number of unbranched alkanes of at least 4 members (excludes halogenated alkanes) is 16. The van der Waals surface area contributed by atoms with Crippen LogP contribution in [0.3, 0.4) is 0 Å². The van der Waals surface area contributed by atoms with Crippen LogP contribution in [-0.2, 0) is 37.5 Å². The molecule has 0 amide bonds. The van der Waals surface area contributed by atoms with Gasteiger partial charge in [-0.05, 0) is 44.9 Å². The number of aliphatic carboxylic acids is 1. The van der Waals surface area contributed by atoms with Gasteiger partial charge in [-0.25, -0.2) is 4.57 Å². The van der Waals surface area contributed by atoms with Gasteiger partial charge in [0, 0.05) is 12.8 Å². The van der Waals surface area contributed by atoms with Gasteiger partial charge in [-0.3, -0.25) is 23.4 Å². The zero-order chi connectivity index (χ0) is 40.8. The fraction of sp³-hybridized carbons (Fsp3) is 0.738. The first-order valence-corrected chi connectivity index (χ1v) is 22.3. The number of carbonyl (C=O) groups excluding carboxylic acids is 2. The minimum Gasteiger partial charge on any atom is -0.480 e. The molecule has 0 aromatic carbocycles. The van der Waals surface area contributed by atoms with Crippen molar-refractivity contribution in [3.05, 3.63) is 48.6 Å². The molecule has 0 saturated carbocycles. The van der Waals surface area contributed by atoms with Crippen molar-refractivity contribution in [1.82, 2.24) is 0 Å². The summed E-state index contributed by atoms with van der Waals surface area (Å²) in [6.45, 7) is 2.62. The van der Waals surface area contributed by atoms with Gasteiger partial charge < -0.3 is 30.3 Å². The zero-order valence-corrected chi connectivity index (χ0v) is 34.8. The summed E-state index contributed by atoms with van der Waals surface area (Å²) in [4.78, 5) is 45.8. The van der Waals surface area contributed by atoms with Crippen LogP contribution in [0.2, 0.25) is 0 Å². The quantitative estimate of drug-likeness (QED) is 0.0152. The lowest BCUT2D eigenvalue weighted by atomic mass is 10.0. The lowest BCUT2D eigenvalue weighted by Gasteiger charge is -2.20. The van der Waals surface area contributed by atoms with Crippen molar-refractivity contribution in [3.63, 3.8) is 0 Å². The van der Waals surface area contributed by atoms with Crippen LogP contribution in [0.25, 0.3) is 0 Å². The lowest BCUT2D eigenvalue weighted by molar-refractivity contribution is -0.161. The van der Waals surface area contributed by atoms with E-state index in [1.807, 2.05) is 36.5 Å². The zero-order valence-electron chi connectivity index (χ0n) is 33.9. The average molecular weight is 800 g/mol. The molecule has 0 aliphatic carbocycles. The summed E-state index contributed by atoms with van der Waals surface area (Å²) in [7, 11) is -4.74. The summed E-state index contributed by atoms with van der Waals surface area (Å²) in [5.41, 5.74) is 5.32. The predicted molar refractivity (Wildman–Crippen MR) is 218 cm³/mol. The largest absolute Gasteiger partial charge is 0.480 e. The molecular weight excluding hydrogens is 725 g/mol. The molecule has 12 nitrogen and oxygen atoms in total. The van der Waals surface area contributed by atoms with Gasteiger partial charge >= 0.3 is 25.7 Å². The minimum atomic E-state index is -4.74. The first kappa shape index (κ1) is 52.4. The van der Waals surface area contributed by atoms with Crippen LogP contribution < -0.4 is 5.73 Å². The molecule has 1 unspecified atom stereocenters. The van der Waals surface area contributed by atoms with E-state index >= 15 is 0 Å². The third kappa shape index (κ3) is 36.8. The van der Waals surface area contributed by atoms with Crippen LogP contribution in [0.5, 0.6) is 0 Å². The molecule has 0 bridgehead atoms. The number of nitrogens with two attached hydrogens (primary N) is 1. The van der Waals surface area contributed by atoms with Gasteiger partial charge in [0.25, 0.3) is 0 Å². The summed E-state index contributed by atoms with van der Waals surface area (Å²) >= 11 is 0. The third-order valence-corrected chi connectivity index (χ3v) is 9.61. The number of ether oxygens (including phenoxy) is 2. The number of aliphatic hydroxyl groups excluding tert-OH is 1. The van der Waals surface area contributed by atoms with Gasteiger partial charge in [0.05, 0.1) is 19.3 Å². The molecule has 318 valence electrons. The number of allylic oxidation sites excluding steroid dienone is 6. The first-order valence-electron chi connectivity index (χ1n) is 20.8. The molecule has 0 rings (SSSR count). The van der Waals surface area contributed by atoms with E-state index in [-0.39, 0.29) is 19.4 Å². The van der Waals surface area contributed by atoms with Gasteiger partial charge in [-0.1, -0.05) is 152 Å². The van der Waals surface area contributed by atoms with Crippen molar-refractivity contribution in [2.45, 2.75) is 180 Å². The maximum Gasteiger partial charge on any atom is 0.472 e. The molecule has 0 radical (unpaired) electrons. The Balaban J connectivity index is 4.57. The van der Waals surface area contributed by atoms with Crippen molar-refractivity contribution in [2.75, 3.05) is 19.8 Å². The van der Waals surface area contributed by atoms with Crippen molar-refractivity contribution >= 4 is 25.7 Å². The Kier molecular flexibility index (Phi) is 35.3. The van der Waals surface area contributed by atoms with E-state index < -0.39 is 57.2 Å². The van der Waals surface area contributed by atoms with E-state index in [0.29, 0.717) is 32.1 Å². The van der Waals surface area contributed by atoms with Crippen LogP contribution in [-0.4, -0.2) is 71.1 Å². The van der Waals surface area contributed by atoms with Crippen LogP contribution in [0.4, 0.5) is 0 Å². The van der Waals surface area contributed by atoms with E-state index in [4.69, 9.17) is 24.8 Å². The number of aliphatic hydroxyl groups is 1. The number of carbonyl (C=O) groups is 3. The van der Waals surface area contributed by atoms with E-state index in [0.717, 1.165) is 25.7 Å². The van der Waals surface area contributed by atoms with Crippen molar-refractivity contribution < 1.29 is 52.6 Å². The standard InChI is InChI=1S/C42H74NO11P/c1-3-5-7-9-11-12-13-14-15-16-20-24-28-32-40(45)51-34-38(35-52-55(49,50)53-36-39(43)42(47)48)54-41(46)33-29-25-21-18-17-19-23-27-31-37(44)30-26-22-10-8-6-4-2/h18-19,21-23,26-27,31,37-39,44H,3-17,20,24-25,28-30,32-36,43H2,1-2H3,(H,47,48)(H,49,50)/b21-18-,23-19-,26-22-,31-27+/t37-,38+,39-/m0/s1. The first-order chi connectivity index (χ1) is 26.5. The number of carboxylic acids is 1. The van der Waals surface area contributed by atoms with Crippen LogP contribution in [0.1, 0.15) is 162 Å². The molecule has 0 aromatic rings. The summed E-state index contributed by atoms with van der Waals surface area (Å²) in [5.74, 6) is -2.50. The second-order valence-electron chi connectivity index (χ2n) is 14.0. The third-order valence-electron chi connectivity index (χ3n) is 8.66. The number of hydrogen-bond donors (Lipinski definition) is 4.